The van der Waals surface area contributed by atoms with E-state index in [1.807, 2.05) is 0 Å². The highest BCUT2D eigenvalue weighted by Gasteiger charge is 2.30. The minimum atomic E-state index is -0.866. The largest absolute Gasteiger partial charge is 0.465 e. The fourth-order valence-electron chi connectivity index (χ4n) is 3.09. The van der Waals surface area contributed by atoms with Crippen LogP contribution >= 0.6 is 11.6 Å². The predicted octanol–water partition coefficient (Wildman–Crippen LogP) is 3.66. The van der Waals surface area contributed by atoms with Crippen LogP contribution in [0.25, 0.3) is 0 Å². The number of fused-ring (bicyclic) bond motifs is 1. The van der Waals surface area contributed by atoms with E-state index in [0.29, 0.717) is 22.7 Å². The number of nitro groups is 1. The number of carbonyl (C=O) groups is 3. The molecule has 0 aromatic heterocycles. The van der Waals surface area contributed by atoms with Gasteiger partial charge in [0.05, 0.1) is 28.8 Å². The zero-order valence-corrected chi connectivity index (χ0v) is 15.6. The van der Waals surface area contributed by atoms with Gasteiger partial charge >= 0.3 is 5.97 Å². The zero-order chi connectivity index (χ0) is 20.4. The van der Waals surface area contributed by atoms with Crippen molar-refractivity contribution in [2.45, 2.75) is 12.8 Å². The highest BCUT2D eigenvalue weighted by Crippen LogP contribution is 2.31. The molecule has 1 heterocycles. The Balaban J connectivity index is 2.12. The summed E-state index contributed by atoms with van der Waals surface area (Å²) in [5.41, 5.74) is 0.0987. The van der Waals surface area contributed by atoms with E-state index in [-0.39, 0.29) is 35.6 Å². The van der Waals surface area contributed by atoms with Crippen LogP contribution in [0.4, 0.5) is 11.4 Å². The Morgan fingerprint density at radius 1 is 1.18 bits per heavy atom. The number of anilines is 1. The summed E-state index contributed by atoms with van der Waals surface area (Å²) in [6, 6.07) is 8.01. The van der Waals surface area contributed by atoms with Gasteiger partial charge in [-0.2, -0.15) is 0 Å². The highest BCUT2D eigenvalue weighted by atomic mass is 35.5. The van der Waals surface area contributed by atoms with Crippen molar-refractivity contribution in [3.63, 3.8) is 0 Å². The molecule has 1 aliphatic heterocycles. The number of benzene rings is 2. The number of ketones is 1. The molecule has 0 aliphatic carbocycles. The van der Waals surface area contributed by atoms with Crippen LogP contribution in [-0.4, -0.2) is 36.2 Å². The van der Waals surface area contributed by atoms with Crippen molar-refractivity contribution in [3.05, 3.63) is 68.2 Å². The summed E-state index contributed by atoms with van der Waals surface area (Å²) in [6.07, 6.45) is 0.679. The van der Waals surface area contributed by atoms with Crippen molar-refractivity contribution in [2.75, 3.05) is 18.6 Å². The molecule has 2 aromatic carbocycles. The Hall–Kier alpha value is -3.26. The van der Waals surface area contributed by atoms with E-state index in [1.54, 1.807) is 12.1 Å². The molecule has 9 heteroatoms. The molecule has 3 rings (SSSR count). The lowest BCUT2D eigenvalue weighted by Gasteiger charge is -2.23. The number of non-ortho nitro benzene ring substituents is 1. The van der Waals surface area contributed by atoms with Crippen LogP contribution < -0.4 is 4.90 Å². The molecule has 0 fully saturated rings. The van der Waals surface area contributed by atoms with Gasteiger partial charge in [0.25, 0.3) is 11.6 Å². The molecule has 144 valence electrons. The van der Waals surface area contributed by atoms with Crippen LogP contribution in [0.3, 0.4) is 0 Å². The molecule has 1 aliphatic rings. The van der Waals surface area contributed by atoms with E-state index in [4.69, 9.17) is 11.6 Å². The third-order valence-electron chi connectivity index (χ3n) is 4.43. The lowest BCUT2D eigenvalue weighted by molar-refractivity contribution is -0.384. The third-order valence-corrected chi connectivity index (χ3v) is 4.67. The van der Waals surface area contributed by atoms with Gasteiger partial charge in [-0.3, -0.25) is 19.7 Å². The molecule has 28 heavy (non-hydrogen) atoms. The van der Waals surface area contributed by atoms with Gasteiger partial charge in [0.15, 0.2) is 5.78 Å². The van der Waals surface area contributed by atoms with E-state index in [2.05, 4.69) is 4.74 Å². The van der Waals surface area contributed by atoms with Crippen LogP contribution in [0.2, 0.25) is 5.02 Å². The average Bonchev–Trinajstić information content (AvgIpc) is 2.85. The number of amides is 1. The van der Waals surface area contributed by atoms with Crippen LogP contribution in [0.5, 0.6) is 0 Å². The normalized spacial score (nSPS) is 13.5. The molecule has 0 spiro atoms. The number of nitro benzene ring substituents is 1. The summed E-state index contributed by atoms with van der Waals surface area (Å²) < 4.78 is 4.67. The summed E-state index contributed by atoms with van der Waals surface area (Å²) in [5, 5.41) is 11.4. The first-order chi connectivity index (χ1) is 13.3. The first-order valence-electron chi connectivity index (χ1n) is 8.35. The Labute approximate surface area is 164 Å². The van der Waals surface area contributed by atoms with Crippen LogP contribution in [-0.2, 0) is 4.74 Å². The van der Waals surface area contributed by atoms with Crippen molar-refractivity contribution < 1.29 is 24.0 Å². The minimum Gasteiger partial charge on any atom is -0.465 e. The molecule has 2 aromatic rings. The fraction of sp³-hybridized carbons (Fsp3) is 0.211. The second-order valence-corrected chi connectivity index (χ2v) is 6.56. The molecular formula is C19H15ClN2O6. The standard InChI is InChI=1S/C19H15ClN2O6/c1-28-19(25)14-10-12(22(26)27)5-6-13(14)18(24)21-8-2-3-17(23)15-9-11(20)4-7-16(15)21/h4-7,9-10H,2-3,8H2,1H3. The van der Waals surface area contributed by atoms with Crippen molar-refractivity contribution >= 4 is 40.6 Å². The van der Waals surface area contributed by atoms with Crippen LogP contribution in [0.1, 0.15) is 43.9 Å². The van der Waals surface area contributed by atoms with Gasteiger partial charge < -0.3 is 9.64 Å². The van der Waals surface area contributed by atoms with Crippen molar-refractivity contribution in [2.24, 2.45) is 0 Å². The number of hydrogen-bond acceptors (Lipinski definition) is 6. The number of nitrogens with zero attached hydrogens (tertiary/aromatic N) is 2. The second-order valence-electron chi connectivity index (χ2n) is 6.12. The van der Waals surface area contributed by atoms with Gasteiger partial charge in [-0.25, -0.2) is 4.79 Å². The summed E-state index contributed by atoms with van der Waals surface area (Å²) in [6.45, 7) is 0.247. The van der Waals surface area contributed by atoms with E-state index in [9.17, 15) is 24.5 Å². The first-order valence-corrected chi connectivity index (χ1v) is 8.72. The average molecular weight is 403 g/mol. The number of Topliss-reactive ketones (excluding diaryl/α,β-unsaturated/α-hetero) is 1. The van der Waals surface area contributed by atoms with E-state index in [0.717, 1.165) is 19.2 Å². The summed E-state index contributed by atoms with van der Waals surface area (Å²) in [4.78, 5) is 49.5. The van der Waals surface area contributed by atoms with E-state index in [1.165, 1.54) is 17.0 Å². The Morgan fingerprint density at radius 2 is 1.93 bits per heavy atom. The summed E-state index contributed by atoms with van der Waals surface area (Å²) >= 11 is 5.99. The van der Waals surface area contributed by atoms with E-state index < -0.39 is 16.8 Å². The molecular weight excluding hydrogens is 388 g/mol. The summed E-state index contributed by atoms with van der Waals surface area (Å²) in [7, 11) is 1.12. The maximum Gasteiger partial charge on any atom is 0.338 e. The Kier molecular flexibility index (Phi) is 5.41. The first kappa shape index (κ1) is 19.5. The Bertz CT molecular complexity index is 1000. The number of esters is 1. The van der Waals surface area contributed by atoms with Crippen LogP contribution in [0, 0.1) is 10.1 Å². The molecule has 0 N–H and O–H groups in total. The van der Waals surface area contributed by atoms with Gasteiger partial charge in [0, 0.05) is 35.7 Å². The van der Waals surface area contributed by atoms with Gasteiger partial charge in [0.1, 0.15) is 0 Å². The molecule has 0 saturated heterocycles. The maximum atomic E-state index is 13.2. The number of halogens is 1. The quantitative estimate of drug-likeness (QED) is 0.440. The molecule has 0 saturated carbocycles. The van der Waals surface area contributed by atoms with Crippen molar-refractivity contribution in [3.8, 4) is 0 Å². The topological polar surface area (TPSA) is 107 Å². The maximum absolute atomic E-state index is 13.2. The summed E-state index contributed by atoms with van der Waals surface area (Å²) in [5.74, 6) is -1.56. The number of carbonyl (C=O) groups excluding carboxylic acids is 3. The number of methoxy groups -OCH3 is 1. The molecule has 0 unspecified atom stereocenters. The zero-order valence-electron chi connectivity index (χ0n) is 14.8. The van der Waals surface area contributed by atoms with Gasteiger partial charge in [-0.15, -0.1) is 0 Å². The van der Waals surface area contributed by atoms with Gasteiger partial charge in [-0.1, -0.05) is 11.6 Å². The molecule has 0 radical (unpaired) electrons. The minimum absolute atomic E-state index is 0.0484. The molecule has 1 amide bonds. The van der Waals surface area contributed by atoms with Crippen LogP contribution in [0.15, 0.2) is 36.4 Å². The van der Waals surface area contributed by atoms with Crippen molar-refractivity contribution in [1.29, 1.82) is 0 Å². The second kappa shape index (κ2) is 7.77. The van der Waals surface area contributed by atoms with Gasteiger partial charge in [-0.05, 0) is 30.7 Å². The number of ether oxygens (including phenoxy) is 1. The third kappa shape index (κ3) is 3.59. The lowest BCUT2D eigenvalue weighted by Crippen LogP contribution is -2.33. The smallest absolute Gasteiger partial charge is 0.338 e. The Morgan fingerprint density at radius 3 is 2.61 bits per heavy atom. The lowest BCUT2D eigenvalue weighted by atomic mass is 10.0. The van der Waals surface area contributed by atoms with Crippen molar-refractivity contribution in [1.82, 2.24) is 0 Å². The van der Waals surface area contributed by atoms with E-state index >= 15 is 0 Å². The molecule has 0 bridgehead atoms. The number of rotatable bonds is 3. The molecule has 8 nitrogen and oxygen atoms in total. The van der Waals surface area contributed by atoms with Gasteiger partial charge in [0.2, 0.25) is 0 Å². The SMILES string of the molecule is COC(=O)c1cc([N+](=O)[O-])ccc1C(=O)N1CCCC(=O)c2cc(Cl)ccc21. The monoisotopic (exact) mass is 402 g/mol. The number of hydrogen-bond donors (Lipinski definition) is 0. The highest BCUT2D eigenvalue weighted by molar-refractivity contribution is 6.31. The fourth-order valence-corrected chi connectivity index (χ4v) is 3.26. The molecule has 0 atom stereocenters. The predicted molar refractivity (Wildman–Crippen MR) is 101 cm³/mol.